The van der Waals surface area contributed by atoms with Crippen LogP contribution in [0.15, 0.2) is 71.9 Å². The smallest absolute Gasteiger partial charge is 0.368 e. The second-order valence-corrected chi connectivity index (χ2v) is 6.17. The van der Waals surface area contributed by atoms with Gasteiger partial charge in [0.05, 0.1) is 6.54 Å². The van der Waals surface area contributed by atoms with E-state index in [0.29, 0.717) is 0 Å². The van der Waals surface area contributed by atoms with Crippen molar-refractivity contribution in [2.24, 2.45) is 0 Å². The number of hydrogen-bond acceptors (Lipinski definition) is 0. The number of para-hydroxylation sites is 2. The molecule has 0 unspecified atom stereocenters. The number of H-pyrrole nitrogens is 1. The van der Waals surface area contributed by atoms with Crippen LogP contribution in [-0.2, 0) is 6.54 Å². The highest BCUT2D eigenvalue weighted by molar-refractivity contribution is 9.10. The fourth-order valence-electron chi connectivity index (χ4n) is 2.88. The number of aromatic nitrogens is 3. The van der Waals surface area contributed by atoms with E-state index in [2.05, 4.69) is 91.2 Å². The van der Waals surface area contributed by atoms with Gasteiger partial charge >= 0.3 is 5.78 Å². The van der Waals surface area contributed by atoms with Crippen molar-refractivity contribution in [2.75, 3.05) is 0 Å². The Balaban J connectivity index is 0.00000156. The molecule has 23 heavy (non-hydrogen) atoms. The van der Waals surface area contributed by atoms with E-state index < -0.39 is 0 Å². The minimum Gasteiger partial charge on any atom is -1.00 e. The Morgan fingerprint density at radius 1 is 1.13 bits per heavy atom. The van der Waals surface area contributed by atoms with Gasteiger partial charge in [-0.15, -0.1) is 0 Å². The second kappa shape index (κ2) is 6.22. The summed E-state index contributed by atoms with van der Waals surface area (Å²) >= 11 is 3.48. The zero-order valence-electron chi connectivity index (χ0n) is 12.3. The summed E-state index contributed by atoms with van der Waals surface area (Å²) in [5.41, 5.74) is 4.67. The van der Waals surface area contributed by atoms with Crippen molar-refractivity contribution in [3.8, 4) is 11.3 Å². The summed E-state index contributed by atoms with van der Waals surface area (Å²) in [6.45, 7) is 4.65. The topological polar surface area (TPSA) is 24.1 Å². The third kappa shape index (κ3) is 2.58. The monoisotopic (exact) mass is 387 g/mol. The Morgan fingerprint density at radius 2 is 1.87 bits per heavy atom. The first-order valence-corrected chi connectivity index (χ1v) is 7.95. The first-order valence-electron chi connectivity index (χ1n) is 7.16. The van der Waals surface area contributed by atoms with Gasteiger partial charge in [-0.25, -0.2) is 9.55 Å². The molecule has 0 bridgehead atoms. The van der Waals surface area contributed by atoms with E-state index in [9.17, 15) is 0 Å². The van der Waals surface area contributed by atoms with E-state index in [1.807, 2.05) is 6.08 Å². The largest absolute Gasteiger partial charge is 1.00 e. The molecule has 116 valence electrons. The van der Waals surface area contributed by atoms with Crippen LogP contribution in [0.1, 0.15) is 0 Å². The van der Waals surface area contributed by atoms with Gasteiger partial charge in [0.2, 0.25) is 0 Å². The average molecular weight is 389 g/mol. The van der Waals surface area contributed by atoms with Crippen molar-refractivity contribution in [1.82, 2.24) is 9.38 Å². The molecule has 2 aromatic heterocycles. The highest BCUT2D eigenvalue weighted by Gasteiger charge is 2.20. The third-order valence-electron chi connectivity index (χ3n) is 3.89. The summed E-state index contributed by atoms with van der Waals surface area (Å²) in [4.78, 5) is 3.54. The summed E-state index contributed by atoms with van der Waals surface area (Å²) < 4.78 is 5.53. The molecule has 0 atom stereocenters. The minimum absolute atomic E-state index is 0. The molecule has 0 fully saturated rings. The van der Waals surface area contributed by atoms with Crippen LogP contribution in [0.4, 0.5) is 0 Å². The van der Waals surface area contributed by atoms with Gasteiger partial charge in [-0.05, 0) is 24.3 Å². The Kier molecular flexibility index (Phi) is 4.28. The van der Waals surface area contributed by atoms with Crippen LogP contribution in [-0.4, -0.2) is 9.38 Å². The van der Waals surface area contributed by atoms with Crippen LogP contribution in [0, 0.1) is 0 Å². The predicted molar refractivity (Wildman–Crippen MR) is 92.8 cm³/mol. The molecule has 4 aromatic rings. The number of rotatable bonds is 3. The van der Waals surface area contributed by atoms with Crippen LogP contribution in [0.5, 0.6) is 0 Å². The van der Waals surface area contributed by atoms with Crippen molar-refractivity contribution in [2.45, 2.75) is 6.54 Å². The molecule has 0 aliphatic heterocycles. The highest BCUT2D eigenvalue weighted by atomic mass is 79.9. The fraction of sp³-hybridized carbons (Fsp3) is 0.0556. The average Bonchev–Trinajstić information content (AvgIpc) is 3.08. The van der Waals surface area contributed by atoms with Gasteiger partial charge < -0.3 is 12.4 Å². The molecular weight excluding hydrogens is 374 g/mol. The fourth-order valence-corrected chi connectivity index (χ4v) is 3.15. The van der Waals surface area contributed by atoms with Gasteiger partial charge in [0.15, 0.2) is 0 Å². The Labute approximate surface area is 148 Å². The number of nitrogens with zero attached hydrogens (tertiary/aromatic N) is 2. The van der Waals surface area contributed by atoms with E-state index >= 15 is 0 Å². The van der Waals surface area contributed by atoms with Crippen molar-refractivity contribution in [3.05, 3.63) is 71.9 Å². The molecule has 0 saturated carbocycles. The lowest BCUT2D eigenvalue weighted by Crippen LogP contribution is -3.00. The van der Waals surface area contributed by atoms with E-state index in [1.54, 1.807) is 0 Å². The summed E-state index contributed by atoms with van der Waals surface area (Å²) in [5.74, 6) is 1.07. The molecular formula is C18H15BrClN3. The summed E-state index contributed by atoms with van der Waals surface area (Å²) in [5, 5.41) is 0. The van der Waals surface area contributed by atoms with E-state index in [4.69, 9.17) is 0 Å². The molecule has 2 heterocycles. The first-order chi connectivity index (χ1) is 10.8. The van der Waals surface area contributed by atoms with Crippen molar-refractivity contribution in [3.63, 3.8) is 0 Å². The number of benzene rings is 2. The Morgan fingerprint density at radius 3 is 2.61 bits per heavy atom. The number of imidazole rings is 2. The van der Waals surface area contributed by atoms with Gasteiger partial charge in [-0.1, -0.05) is 52.9 Å². The van der Waals surface area contributed by atoms with E-state index in [-0.39, 0.29) is 12.4 Å². The van der Waals surface area contributed by atoms with Crippen molar-refractivity contribution < 1.29 is 17.0 Å². The predicted octanol–water partition coefficient (Wildman–Crippen LogP) is 1.33. The van der Waals surface area contributed by atoms with Gasteiger partial charge in [0.25, 0.3) is 0 Å². The standard InChI is InChI=1S/C18H14BrN3.ClH/c1-2-11-21-16-5-3-4-6-17(16)22-12-15(20-18(21)22)13-7-9-14(19)10-8-13;/h2-10,12H,1,11H2;1H. The number of hydrogen-bond donors (Lipinski definition) is 1. The zero-order chi connectivity index (χ0) is 15.1. The second-order valence-electron chi connectivity index (χ2n) is 5.26. The molecule has 1 N–H and O–H groups in total. The van der Waals surface area contributed by atoms with Crippen molar-refractivity contribution >= 4 is 32.7 Å². The lowest BCUT2D eigenvalue weighted by molar-refractivity contribution is -0.636. The van der Waals surface area contributed by atoms with Crippen molar-refractivity contribution in [1.29, 1.82) is 0 Å². The maximum atomic E-state index is 3.87. The number of fused-ring (bicyclic) bond motifs is 3. The van der Waals surface area contributed by atoms with Crippen LogP contribution < -0.4 is 17.0 Å². The van der Waals surface area contributed by atoms with Crippen LogP contribution in [0.25, 0.3) is 28.1 Å². The summed E-state index contributed by atoms with van der Waals surface area (Å²) in [7, 11) is 0. The normalized spacial score (nSPS) is 10.8. The SMILES string of the molecule is C=CC[n+]1c2ccccc2n2cc(-c3ccc(Br)cc3)[nH]c21.[Cl-]. The molecule has 3 nitrogen and oxygen atoms in total. The third-order valence-corrected chi connectivity index (χ3v) is 4.42. The number of nitrogens with one attached hydrogen (secondary N) is 1. The number of allylic oxidation sites excluding steroid dienone is 1. The molecule has 5 heteroatoms. The number of halogens is 2. The molecule has 2 aromatic carbocycles. The number of aromatic amines is 1. The molecule has 0 amide bonds. The lowest BCUT2D eigenvalue weighted by atomic mass is 10.2. The van der Waals surface area contributed by atoms with Gasteiger partial charge in [0.1, 0.15) is 22.9 Å². The Bertz CT molecular complexity index is 983. The molecule has 0 spiro atoms. The van der Waals surface area contributed by atoms with Gasteiger partial charge in [-0.3, -0.25) is 0 Å². The maximum absolute atomic E-state index is 3.87. The van der Waals surface area contributed by atoms with Crippen LogP contribution in [0.2, 0.25) is 0 Å². The molecule has 0 aliphatic rings. The zero-order valence-corrected chi connectivity index (χ0v) is 14.7. The summed E-state index contributed by atoms with van der Waals surface area (Å²) in [6.07, 6.45) is 4.08. The lowest BCUT2D eigenvalue weighted by Gasteiger charge is -1.96. The van der Waals surface area contributed by atoms with Gasteiger partial charge in [-0.2, -0.15) is 4.40 Å². The quantitative estimate of drug-likeness (QED) is 0.404. The van der Waals surface area contributed by atoms with Gasteiger partial charge in [0, 0.05) is 10.0 Å². The first kappa shape index (κ1) is 15.8. The molecule has 0 saturated heterocycles. The van der Waals surface area contributed by atoms with E-state index in [1.165, 1.54) is 16.6 Å². The molecule has 0 aliphatic carbocycles. The highest BCUT2D eigenvalue weighted by Crippen LogP contribution is 2.23. The minimum atomic E-state index is 0. The van der Waals surface area contributed by atoms with Crippen LogP contribution >= 0.6 is 15.9 Å². The van der Waals surface area contributed by atoms with Crippen LogP contribution in [0.3, 0.4) is 0 Å². The Hall–Kier alpha value is -2.04. The summed E-state index contributed by atoms with van der Waals surface area (Å²) in [6, 6.07) is 16.7. The maximum Gasteiger partial charge on any atom is 0.368 e. The molecule has 0 radical (unpaired) electrons. The van der Waals surface area contributed by atoms with E-state index in [0.717, 1.165) is 22.5 Å². The molecule has 4 rings (SSSR count).